The molecule has 0 saturated heterocycles. The van der Waals surface area contributed by atoms with Crippen LogP contribution in [0, 0.1) is 5.82 Å². The van der Waals surface area contributed by atoms with Gasteiger partial charge in [-0.05, 0) is 65.1 Å². The number of nitrogens with one attached hydrogen (secondary N) is 1. The molecule has 0 atom stereocenters. The molecule has 1 aliphatic carbocycles. The lowest BCUT2D eigenvalue weighted by atomic mass is 10.1. The number of halogens is 1. The second-order valence-corrected chi connectivity index (χ2v) is 6.48. The average molecular weight is 293 g/mol. The van der Waals surface area contributed by atoms with E-state index in [1.54, 1.807) is 6.07 Å². The molecule has 1 aromatic carbocycles. The Kier molecular flexibility index (Phi) is 6.15. The van der Waals surface area contributed by atoms with Crippen molar-refractivity contribution in [3.05, 3.63) is 35.1 Å². The Hall–Kier alpha value is -0.970. The fourth-order valence-electron chi connectivity index (χ4n) is 2.44. The van der Waals surface area contributed by atoms with Gasteiger partial charge in [0.1, 0.15) is 5.82 Å². The van der Waals surface area contributed by atoms with Crippen LogP contribution in [0.5, 0.6) is 0 Å². The zero-order valence-electron chi connectivity index (χ0n) is 13.5. The Balaban J connectivity index is 1.83. The lowest BCUT2D eigenvalue weighted by Crippen LogP contribution is -2.24. The third-order valence-corrected chi connectivity index (χ3v) is 3.87. The fourth-order valence-corrected chi connectivity index (χ4v) is 2.44. The van der Waals surface area contributed by atoms with Crippen LogP contribution in [0.15, 0.2) is 18.2 Å². The highest BCUT2D eigenvalue weighted by molar-refractivity contribution is 5.25. The standard InChI is InChI=1S/C17H28FN3/c1-20(2)9-4-10-21(3)13-15-11-14(5-8-17(15)18)12-19-16-6-7-16/h5,8,11,16,19H,4,6-7,9-10,12-13H2,1-3H3. The number of rotatable bonds is 9. The van der Waals surface area contributed by atoms with Crippen LogP contribution in [0.25, 0.3) is 0 Å². The van der Waals surface area contributed by atoms with E-state index in [1.807, 2.05) is 12.1 Å². The minimum Gasteiger partial charge on any atom is -0.310 e. The van der Waals surface area contributed by atoms with Gasteiger partial charge >= 0.3 is 0 Å². The molecule has 4 heteroatoms. The van der Waals surface area contributed by atoms with Gasteiger partial charge in [0.2, 0.25) is 0 Å². The SMILES string of the molecule is CN(C)CCCN(C)Cc1cc(CNC2CC2)ccc1F. The van der Waals surface area contributed by atoms with E-state index in [0.29, 0.717) is 12.6 Å². The van der Waals surface area contributed by atoms with E-state index in [4.69, 9.17) is 0 Å². The topological polar surface area (TPSA) is 18.5 Å². The van der Waals surface area contributed by atoms with Gasteiger partial charge in [-0.2, -0.15) is 0 Å². The molecule has 1 aliphatic rings. The van der Waals surface area contributed by atoms with Crippen molar-refractivity contribution >= 4 is 0 Å². The van der Waals surface area contributed by atoms with Crippen LogP contribution in [-0.2, 0) is 13.1 Å². The van der Waals surface area contributed by atoms with E-state index in [0.717, 1.165) is 31.6 Å². The van der Waals surface area contributed by atoms with Gasteiger partial charge in [0.15, 0.2) is 0 Å². The van der Waals surface area contributed by atoms with Crippen molar-refractivity contribution in [2.45, 2.75) is 38.4 Å². The number of hydrogen-bond donors (Lipinski definition) is 1. The summed E-state index contributed by atoms with van der Waals surface area (Å²) < 4.78 is 13.9. The number of hydrogen-bond acceptors (Lipinski definition) is 3. The molecular formula is C17H28FN3. The minimum absolute atomic E-state index is 0.0929. The van der Waals surface area contributed by atoms with Gasteiger partial charge in [-0.15, -0.1) is 0 Å². The summed E-state index contributed by atoms with van der Waals surface area (Å²) in [6.45, 7) is 3.58. The van der Waals surface area contributed by atoms with Crippen LogP contribution in [0.3, 0.4) is 0 Å². The van der Waals surface area contributed by atoms with Gasteiger partial charge < -0.3 is 15.1 Å². The van der Waals surface area contributed by atoms with Gasteiger partial charge in [0, 0.05) is 24.7 Å². The van der Waals surface area contributed by atoms with E-state index in [9.17, 15) is 4.39 Å². The zero-order chi connectivity index (χ0) is 15.2. The normalized spacial score (nSPS) is 15.1. The van der Waals surface area contributed by atoms with Crippen LogP contribution in [0.2, 0.25) is 0 Å². The zero-order valence-corrected chi connectivity index (χ0v) is 13.5. The van der Waals surface area contributed by atoms with E-state index in [-0.39, 0.29) is 5.82 Å². The molecule has 0 spiro atoms. The maximum Gasteiger partial charge on any atom is 0.127 e. The first-order valence-electron chi connectivity index (χ1n) is 7.88. The Morgan fingerprint density at radius 1 is 1.19 bits per heavy atom. The molecule has 21 heavy (non-hydrogen) atoms. The van der Waals surface area contributed by atoms with Crippen molar-refractivity contribution in [1.82, 2.24) is 15.1 Å². The molecule has 0 amide bonds. The molecule has 0 bridgehead atoms. The van der Waals surface area contributed by atoms with Crippen molar-refractivity contribution in [1.29, 1.82) is 0 Å². The second kappa shape index (κ2) is 7.87. The highest BCUT2D eigenvalue weighted by Gasteiger charge is 2.20. The quantitative estimate of drug-likeness (QED) is 0.754. The molecule has 0 radical (unpaired) electrons. The smallest absolute Gasteiger partial charge is 0.127 e. The lowest BCUT2D eigenvalue weighted by molar-refractivity contribution is 0.291. The third-order valence-electron chi connectivity index (χ3n) is 3.87. The Bertz CT molecular complexity index is 444. The average Bonchev–Trinajstić information content (AvgIpc) is 3.23. The summed E-state index contributed by atoms with van der Waals surface area (Å²) in [5.74, 6) is -0.0929. The Morgan fingerprint density at radius 2 is 1.95 bits per heavy atom. The van der Waals surface area contributed by atoms with Crippen LogP contribution in [0.1, 0.15) is 30.4 Å². The van der Waals surface area contributed by atoms with Crippen molar-refractivity contribution in [3.8, 4) is 0 Å². The summed E-state index contributed by atoms with van der Waals surface area (Å²) in [7, 11) is 6.22. The van der Waals surface area contributed by atoms with Crippen LogP contribution >= 0.6 is 0 Å². The summed E-state index contributed by atoms with van der Waals surface area (Å²) in [6.07, 6.45) is 3.67. The summed E-state index contributed by atoms with van der Waals surface area (Å²) in [6, 6.07) is 6.19. The molecule has 1 saturated carbocycles. The molecule has 0 aliphatic heterocycles. The van der Waals surface area contributed by atoms with Gasteiger partial charge in [0.05, 0.1) is 0 Å². The Morgan fingerprint density at radius 3 is 2.62 bits per heavy atom. The molecule has 2 rings (SSSR count). The maximum atomic E-state index is 13.9. The van der Waals surface area contributed by atoms with E-state index >= 15 is 0 Å². The van der Waals surface area contributed by atoms with Gasteiger partial charge in [-0.25, -0.2) is 4.39 Å². The highest BCUT2D eigenvalue weighted by Crippen LogP contribution is 2.20. The largest absolute Gasteiger partial charge is 0.310 e. The molecule has 1 aromatic rings. The van der Waals surface area contributed by atoms with Gasteiger partial charge in [-0.1, -0.05) is 12.1 Å². The van der Waals surface area contributed by atoms with Gasteiger partial charge in [-0.3, -0.25) is 0 Å². The van der Waals surface area contributed by atoms with Crippen molar-refractivity contribution < 1.29 is 4.39 Å². The molecule has 3 nitrogen and oxygen atoms in total. The van der Waals surface area contributed by atoms with Crippen LogP contribution in [0.4, 0.5) is 4.39 Å². The first-order valence-corrected chi connectivity index (χ1v) is 7.88. The van der Waals surface area contributed by atoms with Crippen LogP contribution < -0.4 is 5.32 Å². The molecular weight excluding hydrogens is 265 g/mol. The number of benzene rings is 1. The van der Waals surface area contributed by atoms with Crippen LogP contribution in [-0.4, -0.2) is 50.1 Å². The highest BCUT2D eigenvalue weighted by atomic mass is 19.1. The molecule has 0 unspecified atom stereocenters. The fraction of sp³-hybridized carbons (Fsp3) is 0.647. The second-order valence-electron chi connectivity index (χ2n) is 6.48. The summed E-state index contributed by atoms with van der Waals surface area (Å²) in [5.41, 5.74) is 1.98. The molecule has 0 heterocycles. The van der Waals surface area contributed by atoms with E-state index in [2.05, 4.69) is 36.3 Å². The molecule has 1 N–H and O–H groups in total. The third kappa shape index (κ3) is 6.12. The predicted octanol–water partition coefficient (Wildman–Crippen LogP) is 2.46. The van der Waals surface area contributed by atoms with Gasteiger partial charge in [0.25, 0.3) is 0 Å². The summed E-state index contributed by atoms with van der Waals surface area (Å²) in [5, 5.41) is 3.48. The predicted molar refractivity (Wildman–Crippen MR) is 85.8 cm³/mol. The molecule has 118 valence electrons. The Labute approximate surface area is 128 Å². The summed E-state index contributed by atoms with van der Waals surface area (Å²) >= 11 is 0. The van der Waals surface area contributed by atoms with Crippen molar-refractivity contribution in [3.63, 3.8) is 0 Å². The first kappa shape index (κ1) is 16.4. The number of nitrogens with zero attached hydrogens (tertiary/aromatic N) is 2. The molecule has 1 fully saturated rings. The molecule has 0 aromatic heterocycles. The maximum absolute atomic E-state index is 13.9. The first-order chi connectivity index (χ1) is 10.0. The lowest BCUT2D eigenvalue weighted by Gasteiger charge is -2.19. The minimum atomic E-state index is -0.0929. The van der Waals surface area contributed by atoms with E-state index in [1.165, 1.54) is 18.4 Å². The summed E-state index contributed by atoms with van der Waals surface area (Å²) in [4.78, 5) is 4.37. The van der Waals surface area contributed by atoms with E-state index < -0.39 is 0 Å². The van der Waals surface area contributed by atoms with Crippen molar-refractivity contribution in [2.24, 2.45) is 0 Å². The monoisotopic (exact) mass is 293 g/mol. The van der Waals surface area contributed by atoms with Crippen molar-refractivity contribution in [2.75, 3.05) is 34.2 Å².